The Kier molecular flexibility index (Phi) is 3.77. The number of nitrogens with one attached hydrogen (secondary N) is 1. The van der Waals surface area contributed by atoms with Gasteiger partial charge in [0, 0.05) is 18.8 Å². The first-order chi connectivity index (χ1) is 10.2. The zero-order valence-electron chi connectivity index (χ0n) is 12.0. The fourth-order valence-electron chi connectivity index (χ4n) is 1.97. The fraction of sp³-hybridized carbons (Fsp3) is 0.333. The maximum Gasteiger partial charge on any atom is 0.231 e. The topological polar surface area (TPSA) is 65.5 Å². The summed E-state index contributed by atoms with van der Waals surface area (Å²) in [6, 6.07) is 7.57. The molecule has 6 heteroatoms. The molecule has 1 N–H and O–H groups in total. The largest absolute Gasteiger partial charge is 0.475 e. The number of nitrogens with zero attached hydrogens (tertiary/aromatic N) is 2. The average molecular weight is 287 g/mol. The highest BCUT2D eigenvalue weighted by Crippen LogP contribution is 2.32. The zero-order chi connectivity index (χ0) is 14.7. The van der Waals surface area contributed by atoms with Crippen LogP contribution >= 0.6 is 0 Å². The number of hydrogen-bond acceptors (Lipinski definition) is 6. The van der Waals surface area contributed by atoms with Crippen molar-refractivity contribution in [1.82, 2.24) is 9.97 Å². The Hall–Kier alpha value is -2.50. The van der Waals surface area contributed by atoms with E-state index in [1.54, 1.807) is 12.3 Å². The number of hydrogen-bond donors (Lipinski definition) is 1. The van der Waals surface area contributed by atoms with Crippen molar-refractivity contribution in [1.29, 1.82) is 0 Å². The summed E-state index contributed by atoms with van der Waals surface area (Å²) in [6.07, 6.45) is 1.76. The predicted molar refractivity (Wildman–Crippen MR) is 77.7 cm³/mol. The van der Waals surface area contributed by atoms with Crippen LogP contribution in [0.5, 0.6) is 17.4 Å². The molecular weight excluding hydrogens is 270 g/mol. The van der Waals surface area contributed by atoms with E-state index in [0.717, 1.165) is 17.1 Å². The Bertz CT molecular complexity index is 631. The van der Waals surface area contributed by atoms with E-state index in [1.807, 2.05) is 32.0 Å². The van der Waals surface area contributed by atoms with Gasteiger partial charge in [-0.25, -0.2) is 4.98 Å². The van der Waals surface area contributed by atoms with Gasteiger partial charge in [-0.1, -0.05) is 6.07 Å². The highest BCUT2D eigenvalue weighted by atomic mass is 16.7. The Morgan fingerprint density at radius 1 is 1.24 bits per heavy atom. The van der Waals surface area contributed by atoms with E-state index >= 15 is 0 Å². The first-order valence-corrected chi connectivity index (χ1v) is 6.83. The van der Waals surface area contributed by atoms with Crippen LogP contribution in [0.3, 0.4) is 0 Å². The Morgan fingerprint density at radius 2 is 2.10 bits per heavy atom. The van der Waals surface area contributed by atoms with E-state index in [4.69, 9.17) is 14.2 Å². The molecule has 110 valence electrons. The molecule has 1 aromatic heterocycles. The summed E-state index contributed by atoms with van der Waals surface area (Å²) >= 11 is 0. The van der Waals surface area contributed by atoms with Gasteiger partial charge in [-0.05, 0) is 31.5 Å². The molecule has 0 amide bonds. The Labute approximate surface area is 123 Å². The van der Waals surface area contributed by atoms with Gasteiger partial charge >= 0.3 is 0 Å². The fourth-order valence-corrected chi connectivity index (χ4v) is 1.97. The van der Waals surface area contributed by atoms with Crippen molar-refractivity contribution < 1.29 is 14.2 Å². The number of aromatic nitrogens is 2. The minimum atomic E-state index is 0.0848. The van der Waals surface area contributed by atoms with Gasteiger partial charge in [0.25, 0.3) is 0 Å². The number of fused-ring (bicyclic) bond motifs is 1. The van der Waals surface area contributed by atoms with Gasteiger partial charge in [0.05, 0.1) is 6.10 Å². The average Bonchev–Trinajstić information content (AvgIpc) is 2.92. The van der Waals surface area contributed by atoms with Crippen molar-refractivity contribution in [2.75, 3.05) is 12.1 Å². The molecule has 1 aromatic carbocycles. The summed E-state index contributed by atoms with van der Waals surface area (Å²) in [5, 5.41) is 3.17. The summed E-state index contributed by atoms with van der Waals surface area (Å²) in [6.45, 7) is 4.80. The molecule has 0 saturated carbocycles. The predicted octanol–water partition coefficient (Wildman–Crippen LogP) is 2.60. The minimum Gasteiger partial charge on any atom is -0.475 e. The third-order valence-corrected chi connectivity index (χ3v) is 2.87. The Balaban J connectivity index is 1.64. The number of benzene rings is 1. The zero-order valence-corrected chi connectivity index (χ0v) is 12.0. The van der Waals surface area contributed by atoms with Crippen LogP contribution in [0.1, 0.15) is 19.4 Å². The van der Waals surface area contributed by atoms with Crippen LogP contribution in [0.25, 0.3) is 0 Å². The van der Waals surface area contributed by atoms with Crippen molar-refractivity contribution in [3.8, 4) is 17.4 Å². The Morgan fingerprint density at radius 3 is 2.95 bits per heavy atom. The van der Waals surface area contributed by atoms with E-state index in [2.05, 4.69) is 15.3 Å². The van der Waals surface area contributed by atoms with Crippen LogP contribution in [0.4, 0.5) is 5.95 Å². The second-order valence-electron chi connectivity index (χ2n) is 4.93. The molecule has 0 bridgehead atoms. The molecule has 6 nitrogen and oxygen atoms in total. The molecular formula is C15H17N3O3. The van der Waals surface area contributed by atoms with E-state index < -0.39 is 0 Å². The van der Waals surface area contributed by atoms with Crippen LogP contribution in [0.2, 0.25) is 0 Å². The monoisotopic (exact) mass is 287 g/mol. The molecule has 0 fully saturated rings. The number of ether oxygens (including phenoxy) is 3. The van der Waals surface area contributed by atoms with E-state index in [0.29, 0.717) is 18.4 Å². The molecule has 0 unspecified atom stereocenters. The minimum absolute atomic E-state index is 0.0848. The van der Waals surface area contributed by atoms with Crippen molar-refractivity contribution in [2.45, 2.75) is 26.5 Å². The van der Waals surface area contributed by atoms with Gasteiger partial charge in [-0.15, -0.1) is 0 Å². The lowest BCUT2D eigenvalue weighted by atomic mass is 10.2. The van der Waals surface area contributed by atoms with E-state index in [1.165, 1.54) is 0 Å². The first-order valence-electron chi connectivity index (χ1n) is 6.83. The van der Waals surface area contributed by atoms with Gasteiger partial charge in [0.1, 0.15) is 0 Å². The molecule has 0 atom stereocenters. The molecule has 0 radical (unpaired) electrons. The lowest BCUT2D eigenvalue weighted by Gasteiger charge is -2.10. The molecule has 0 spiro atoms. The van der Waals surface area contributed by atoms with Gasteiger partial charge in [-0.3, -0.25) is 0 Å². The second-order valence-corrected chi connectivity index (χ2v) is 4.93. The van der Waals surface area contributed by atoms with Crippen molar-refractivity contribution in [2.24, 2.45) is 0 Å². The lowest BCUT2D eigenvalue weighted by molar-refractivity contribution is 0.174. The summed E-state index contributed by atoms with van der Waals surface area (Å²) in [5.74, 6) is 2.65. The van der Waals surface area contributed by atoms with Crippen LogP contribution in [0.15, 0.2) is 30.5 Å². The summed E-state index contributed by atoms with van der Waals surface area (Å²) in [7, 11) is 0. The maximum atomic E-state index is 5.54. The third-order valence-electron chi connectivity index (χ3n) is 2.87. The number of anilines is 1. The highest BCUT2D eigenvalue weighted by Gasteiger charge is 2.13. The second kappa shape index (κ2) is 5.87. The van der Waals surface area contributed by atoms with Crippen molar-refractivity contribution >= 4 is 5.95 Å². The smallest absolute Gasteiger partial charge is 0.231 e. The molecule has 0 saturated heterocycles. The molecule has 1 aliphatic rings. The van der Waals surface area contributed by atoms with Gasteiger partial charge in [0.2, 0.25) is 18.6 Å². The maximum absolute atomic E-state index is 5.54. The summed E-state index contributed by atoms with van der Waals surface area (Å²) in [4.78, 5) is 8.48. The van der Waals surface area contributed by atoms with Gasteiger partial charge in [-0.2, -0.15) is 4.98 Å². The van der Waals surface area contributed by atoms with Crippen LogP contribution in [0, 0.1) is 0 Å². The number of rotatable bonds is 5. The standard InChI is InChI=1S/C15H17N3O3/c1-10(2)21-14-5-6-16-15(18-14)17-8-11-3-4-12-13(7-11)20-9-19-12/h3-7,10H,8-9H2,1-2H3,(H,16,17,18). The van der Waals surface area contributed by atoms with Crippen LogP contribution in [-0.2, 0) is 6.54 Å². The van der Waals surface area contributed by atoms with Gasteiger partial charge in [0.15, 0.2) is 11.5 Å². The van der Waals surface area contributed by atoms with E-state index in [-0.39, 0.29) is 12.9 Å². The summed E-state index contributed by atoms with van der Waals surface area (Å²) < 4.78 is 16.2. The van der Waals surface area contributed by atoms with Gasteiger partial charge < -0.3 is 19.5 Å². The van der Waals surface area contributed by atoms with E-state index in [9.17, 15) is 0 Å². The third kappa shape index (κ3) is 3.34. The van der Waals surface area contributed by atoms with Crippen LogP contribution in [-0.4, -0.2) is 22.9 Å². The van der Waals surface area contributed by atoms with Crippen molar-refractivity contribution in [3.63, 3.8) is 0 Å². The van der Waals surface area contributed by atoms with Crippen molar-refractivity contribution in [3.05, 3.63) is 36.0 Å². The molecule has 21 heavy (non-hydrogen) atoms. The highest BCUT2D eigenvalue weighted by molar-refractivity contribution is 5.45. The summed E-state index contributed by atoms with van der Waals surface area (Å²) in [5.41, 5.74) is 1.07. The molecule has 2 aromatic rings. The first kappa shape index (κ1) is 13.5. The molecule has 3 rings (SSSR count). The molecule has 1 aliphatic heterocycles. The molecule has 2 heterocycles. The normalized spacial score (nSPS) is 12.5. The quantitative estimate of drug-likeness (QED) is 0.912. The molecule has 0 aliphatic carbocycles. The van der Waals surface area contributed by atoms with Crippen LogP contribution < -0.4 is 19.5 Å². The SMILES string of the molecule is CC(C)Oc1ccnc(NCc2ccc3c(c2)OCO3)n1. The lowest BCUT2D eigenvalue weighted by Crippen LogP contribution is -2.09.